The Morgan fingerprint density at radius 2 is 2.00 bits per heavy atom. The normalized spacial score (nSPS) is 10.4. The second-order valence-corrected chi connectivity index (χ2v) is 4.96. The maximum Gasteiger partial charge on any atom is 0.348 e. The number of hydrogen-bond donors (Lipinski definition) is 0. The molecule has 0 spiro atoms. The highest BCUT2D eigenvalue weighted by Crippen LogP contribution is 2.33. The maximum absolute atomic E-state index is 13.6. The predicted octanol–water partition coefficient (Wildman–Crippen LogP) is 3.96. The van der Waals surface area contributed by atoms with Crippen molar-refractivity contribution in [1.82, 2.24) is 0 Å². The van der Waals surface area contributed by atoms with E-state index in [-0.39, 0.29) is 11.8 Å². The monoisotopic (exact) mass is 264 g/mol. The van der Waals surface area contributed by atoms with Crippen LogP contribution < -0.4 is 0 Å². The molecule has 0 atom stereocenters. The van der Waals surface area contributed by atoms with Crippen LogP contribution in [-0.2, 0) is 4.74 Å². The van der Waals surface area contributed by atoms with E-state index in [4.69, 9.17) is 4.74 Å². The second-order valence-electron chi connectivity index (χ2n) is 4.08. The third-order valence-corrected chi connectivity index (χ3v) is 3.88. The Hall–Kier alpha value is -1.68. The standard InChI is InChI=1S/C14H13FO2S/c1-8-4-5-10(6-11(8)15)12-9(2)7-18-13(12)14(16)17-3/h4-7H,1-3H3. The molecule has 0 aliphatic heterocycles. The van der Waals surface area contributed by atoms with E-state index < -0.39 is 0 Å². The highest BCUT2D eigenvalue weighted by Gasteiger charge is 2.18. The molecule has 1 heterocycles. The van der Waals surface area contributed by atoms with Crippen LogP contribution in [0.4, 0.5) is 4.39 Å². The van der Waals surface area contributed by atoms with Crippen molar-refractivity contribution in [2.45, 2.75) is 13.8 Å². The summed E-state index contributed by atoms with van der Waals surface area (Å²) in [4.78, 5) is 12.2. The summed E-state index contributed by atoms with van der Waals surface area (Å²) in [5.74, 6) is -0.655. The third kappa shape index (κ3) is 2.16. The smallest absolute Gasteiger partial charge is 0.348 e. The zero-order valence-corrected chi connectivity index (χ0v) is 11.2. The molecule has 1 aromatic carbocycles. The molecule has 0 aliphatic carbocycles. The molecule has 2 aromatic rings. The molecule has 0 radical (unpaired) electrons. The van der Waals surface area contributed by atoms with Gasteiger partial charge in [-0.25, -0.2) is 9.18 Å². The van der Waals surface area contributed by atoms with Gasteiger partial charge in [0.15, 0.2) is 0 Å². The van der Waals surface area contributed by atoms with Crippen molar-refractivity contribution in [1.29, 1.82) is 0 Å². The lowest BCUT2D eigenvalue weighted by Gasteiger charge is -2.06. The van der Waals surface area contributed by atoms with Gasteiger partial charge in [0.25, 0.3) is 0 Å². The van der Waals surface area contributed by atoms with Crippen molar-refractivity contribution < 1.29 is 13.9 Å². The summed E-state index contributed by atoms with van der Waals surface area (Å²) in [7, 11) is 1.34. The average molecular weight is 264 g/mol. The van der Waals surface area contributed by atoms with E-state index in [1.165, 1.54) is 24.5 Å². The van der Waals surface area contributed by atoms with Crippen molar-refractivity contribution in [2.24, 2.45) is 0 Å². The molecule has 0 aliphatic rings. The van der Waals surface area contributed by atoms with Crippen molar-refractivity contribution in [2.75, 3.05) is 7.11 Å². The minimum absolute atomic E-state index is 0.270. The SMILES string of the molecule is COC(=O)c1scc(C)c1-c1ccc(C)c(F)c1. The summed E-state index contributed by atoms with van der Waals surface area (Å²) in [6.45, 7) is 3.61. The number of hydrogen-bond acceptors (Lipinski definition) is 3. The first kappa shape index (κ1) is 12.8. The van der Waals surface area contributed by atoms with Crippen LogP contribution in [0.2, 0.25) is 0 Å². The fraction of sp³-hybridized carbons (Fsp3) is 0.214. The van der Waals surface area contributed by atoms with Crippen LogP contribution in [-0.4, -0.2) is 13.1 Å². The van der Waals surface area contributed by atoms with E-state index in [0.29, 0.717) is 16.0 Å². The number of rotatable bonds is 2. The second kappa shape index (κ2) is 4.90. The molecule has 0 bridgehead atoms. The lowest BCUT2D eigenvalue weighted by Crippen LogP contribution is -2.00. The van der Waals surface area contributed by atoms with Crippen LogP contribution in [0.1, 0.15) is 20.8 Å². The number of carbonyl (C=O) groups is 1. The summed E-state index contributed by atoms with van der Waals surface area (Å²) in [5.41, 5.74) is 3.00. The molecule has 2 nitrogen and oxygen atoms in total. The number of aryl methyl sites for hydroxylation is 2. The summed E-state index contributed by atoms with van der Waals surface area (Å²) >= 11 is 1.32. The van der Waals surface area contributed by atoms with Gasteiger partial charge in [-0.1, -0.05) is 12.1 Å². The molecule has 1 aromatic heterocycles. The molecular formula is C14H13FO2S. The Kier molecular flexibility index (Phi) is 3.48. The van der Waals surface area contributed by atoms with Crippen LogP contribution >= 0.6 is 11.3 Å². The Morgan fingerprint density at radius 1 is 1.28 bits per heavy atom. The number of esters is 1. The van der Waals surface area contributed by atoms with E-state index in [9.17, 15) is 9.18 Å². The van der Waals surface area contributed by atoms with Gasteiger partial charge in [0.2, 0.25) is 0 Å². The van der Waals surface area contributed by atoms with Crippen LogP contribution in [0.3, 0.4) is 0 Å². The van der Waals surface area contributed by atoms with Gasteiger partial charge in [0.1, 0.15) is 10.7 Å². The largest absolute Gasteiger partial charge is 0.465 e. The minimum atomic E-state index is -0.385. The number of methoxy groups -OCH3 is 1. The number of thiophene rings is 1. The molecule has 0 fully saturated rings. The number of ether oxygens (including phenoxy) is 1. The van der Waals surface area contributed by atoms with Gasteiger partial charge in [0.05, 0.1) is 7.11 Å². The van der Waals surface area contributed by atoms with Crippen molar-refractivity contribution in [3.8, 4) is 11.1 Å². The molecule has 0 unspecified atom stereocenters. The predicted molar refractivity (Wildman–Crippen MR) is 70.5 cm³/mol. The van der Waals surface area contributed by atoms with Crippen LogP contribution in [0.25, 0.3) is 11.1 Å². The lowest BCUT2D eigenvalue weighted by atomic mass is 10.0. The number of halogens is 1. The first-order valence-electron chi connectivity index (χ1n) is 5.47. The molecule has 0 N–H and O–H groups in total. The summed E-state index contributed by atoms with van der Waals surface area (Å²) in [5, 5.41) is 1.87. The molecular weight excluding hydrogens is 251 g/mol. The summed E-state index contributed by atoms with van der Waals surface area (Å²) in [6, 6.07) is 4.99. The Labute approximate surface area is 109 Å². The fourth-order valence-corrected chi connectivity index (χ4v) is 2.78. The number of carbonyl (C=O) groups excluding carboxylic acids is 1. The highest BCUT2D eigenvalue weighted by molar-refractivity contribution is 7.12. The molecule has 0 saturated carbocycles. The molecule has 4 heteroatoms. The van der Waals surface area contributed by atoms with Gasteiger partial charge >= 0.3 is 5.97 Å². The lowest BCUT2D eigenvalue weighted by molar-refractivity contribution is 0.0607. The first-order valence-corrected chi connectivity index (χ1v) is 6.35. The van der Waals surface area contributed by atoms with Crippen molar-refractivity contribution in [3.05, 3.63) is 45.4 Å². The van der Waals surface area contributed by atoms with Gasteiger partial charge in [-0.2, -0.15) is 0 Å². The number of benzene rings is 1. The third-order valence-electron chi connectivity index (χ3n) is 2.81. The molecule has 94 valence electrons. The maximum atomic E-state index is 13.6. The summed E-state index contributed by atoms with van der Waals surface area (Å²) < 4.78 is 18.3. The van der Waals surface area contributed by atoms with E-state index >= 15 is 0 Å². The van der Waals surface area contributed by atoms with Gasteiger partial charge in [-0.3, -0.25) is 0 Å². The van der Waals surface area contributed by atoms with E-state index in [1.54, 1.807) is 13.0 Å². The van der Waals surface area contributed by atoms with Crippen molar-refractivity contribution in [3.63, 3.8) is 0 Å². The zero-order chi connectivity index (χ0) is 13.3. The Bertz CT molecular complexity index is 602. The molecule has 0 amide bonds. The van der Waals surface area contributed by atoms with Crippen LogP contribution in [0.15, 0.2) is 23.6 Å². The Morgan fingerprint density at radius 3 is 2.61 bits per heavy atom. The van der Waals surface area contributed by atoms with Gasteiger partial charge in [-0.05, 0) is 42.0 Å². The van der Waals surface area contributed by atoms with Gasteiger partial charge in [0, 0.05) is 5.56 Å². The fourth-order valence-electron chi connectivity index (χ4n) is 1.79. The van der Waals surface area contributed by atoms with E-state index in [1.807, 2.05) is 18.4 Å². The average Bonchev–Trinajstić information content (AvgIpc) is 2.74. The van der Waals surface area contributed by atoms with Gasteiger partial charge in [-0.15, -0.1) is 11.3 Å². The minimum Gasteiger partial charge on any atom is -0.465 e. The molecule has 0 saturated heterocycles. The van der Waals surface area contributed by atoms with E-state index in [2.05, 4.69) is 0 Å². The molecule has 2 rings (SSSR count). The Balaban J connectivity index is 2.59. The molecule has 18 heavy (non-hydrogen) atoms. The van der Waals surface area contributed by atoms with Crippen LogP contribution in [0, 0.1) is 19.7 Å². The van der Waals surface area contributed by atoms with Crippen molar-refractivity contribution >= 4 is 17.3 Å². The quantitative estimate of drug-likeness (QED) is 0.767. The first-order chi connectivity index (χ1) is 8.54. The van der Waals surface area contributed by atoms with Crippen LogP contribution in [0.5, 0.6) is 0 Å². The summed E-state index contributed by atoms with van der Waals surface area (Å²) in [6.07, 6.45) is 0. The highest BCUT2D eigenvalue weighted by atomic mass is 32.1. The zero-order valence-electron chi connectivity index (χ0n) is 10.4. The topological polar surface area (TPSA) is 26.3 Å². The van der Waals surface area contributed by atoms with Gasteiger partial charge < -0.3 is 4.74 Å². The van der Waals surface area contributed by atoms with E-state index in [0.717, 1.165) is 11.1 Å².